The van der Waals surface area contributed by atoms with Crippen LogP contribution in [0.2, 0.25) is 0 Å². The maximum atomic E-state index is 13.2. The average Bonchev–Trinajstić information content (AvgIpc) is 3.66. The topological polar surface area (TPSA) is 107 Å². The van der Waals surface area contributed by atoms with Gasteiger partial charge in [-0.1, -0.05) is 41.5 Å². The number of alkyl carbamates (subject to hydrolysis) is 1. The number of nitrogens with one attached hydrogen (secondary N) is 1. The Morgan fingerprint density at radius 3 is 2.35 bits per heavy atom. The van der Waals surface area contributed by atoms with Crippen molar-refractivity contribution in [1.29, 1.82) is 0 Å². The van der Waals surface area contributed by atoms with Gasteiger partial charge in [0.1, 0.15) is 12.2 Å². The van der Waals surface area contributed by atoms with E-state index in [0.29, 0.717) is 50.6 Å². The van der Waals surface area contributed by atoms with Gasteiger partial charge in [0.05, 0.1) is 31.5 Å². The summed E-state index contributed by atoms with van der Waals surface area (Å²) in [4.78, 5) is 27.4. The maximum absolute atomic E-state index is 13.2. The fourth-order valence-electron chi connectivity index (χ4n) is 13.1. The Morgan fingerprint density at radius 2 is 1.65 bits per heavy atom. The highest BCUT2D eigenvalue weighted by Crippen LogP contribution is 2.89. The van der Waals surface area contributed by atoms with E-state index in [9.17, 15) is 14.7 Å². The van der Waals surface area contributed by atoms with Crippen molar-refractivity contribution in [3.8, 4) is 0 Å². The van der Waals surface area contributed by atoms with Gasteiger partial charge in [0, 0.05) is 30.5 Å². The summed E-state index contributed by atoms with van der Waals surface area (Å²) in [5.41, 5.74) is 0.192. The minimum Gasteiger partial charge on any atom is -0.446 e. The van der Waals surface area contributed by atoms with E-state index in [4.69, 9.17) is 18.9 Å². The molecule has 0 aromatic carbocycles. The molecule has 2 spiro atoms. The fourth-order valence-corrected chi connectivity index (χ4v) is 13.1. The predicted molar refractivity (Wildman–Crippen MR) is 173 cm³/mol. The van der Waals surface area contributed by atoms with E-state index in [2.05, 4.69) is 46.9 Å². The largest absolute Gasteiger partial charge is 0.446 e. The average molecular weight is 645 g/mol. The maximum Gasteiger partial charge on any atom is 0.410 e. The second kappa shape index (κ2) is 11.2. The number of nitrogens with zero attached hydrogens (tertiary/aromatic N) is 1. The number of fused-ring (bicyclic) bond motifs is 4. The number of ether oxygens (including phenoxy) is 4. The SMILES string of the molecule is CCNC(=O)OC(C(C)C)C1CCC2C(O1)C(O)C1(C)C3CCC4C(C)(C)C(OC(=O)N5CCOCC5)CCC45CC35CCC21C. The molecule has 5 saturated carbocycles. The Kier molecular flexibility index (Phi) is 8.04. The lowest BCUT2D eigenvalue weighted by atomic mass is 9.41. The third-order valence-electron chi connectivity index (χ3n) is 15.5. The fraction of sp³-hybridized carbons (Fsp3) is 0.946. The Morgan fingerprint density at radius 1 is 0.957 bits per heavy atom. The van der Waals surface area contributed by atoms with Gasteiger partial charge in [-0.2, -0.15) is 0 Å². The molecule has 0 radical (unpaired) electrons. The van der Waals surface area contributed by atoms with Gasteiger partial charge in [0.25, 0.3) is 0 Å². The highest BCUT2D eigenvalue weighted by Gasteiger charge is 2.84. The smallest absolute Gasteiger partial charge is 0.410 e. The van der Waals surface area contributed by atoms with Crippen molar-refractivity contribution in [1.82, 2.24) is 10.2 Å². The number of hydrogen-bond donors (Lipinski definition) is 2. The van der Waals surface area contributed by atoms with Crippen LogP contribution in [0.5, 0.6) is 0 Å². The van der Waals surface area contributed by atoms with E-state index < -0.39 is 12.2 Å². The number of rotatable bonds is 5. The molecular formula is C37H60N2O7. The van der Waals surface area contributed by atoms with Gasteiger partial charge in [-0.25, -0.2) is 9.59 Å². The second-order valence-corrected chi connectivity index (χ2v) is 17.6. The lowest BCUT2D eigenvalue weighted by Crippen LogP contribution is -2.60. The van der Waals surface area contributed by atoms with E-state index in [0.717, 1.165) is 44.9 Å². The van der Waals surface area contributed by atoms with Gasteiger partial charge in [0.15, 0.2) is 0 Å². The summed E-state index contributed by atoms with van der Waals surface area (Å²) in [6.07, 6.45) is 7.74. The number of aliphatic hydroxyl groups is 1. The molecule has 12 atom stereocenters. The molecule has 46 heavy (non-hydrogen) atoms. The summed E-state index contributed by atoms with van der Waals surface area (Å²) in [7, 11) is 0. The Balaban J connectivity index is 1.10. The van der Waals surface area contributed by atoms with Crippen molar-refractivity contribution in [3.63, 3.8) is 0 Å². The van der Waals surface area contributed by atoms with Gasteiger partial charge >= 0.3 is 12.2 Å². The highest BCUT2D eigenvalue weighted by atomic mass is 16.6. The van der Waals surface area contributed by atoms with Gasteiger partial charge in [-0.05, 0) is 105 Å². The zero-order chi connectivity index (χ0) is 32.9. The summed E-state index contributed by atoms with van der Waals surface area (Å²) in [6.45, 7) is 18.6. The second-order valence-electron chi connectivity index (χ2n) is 17.6. The molecule has 9 heteroatoms. The van der Waals surface area contributed by atoms with Crippen molar-refractivity contribution in [2.75, 3.05) is 32.8 Å². The zero-order valence-electron chi connectivity index (χ0n) is 29.4. The predicted octanol–water partition coefficient (Wildman–Crippen LogP) is 6.16. The number of aliphatic hydroxyl groups excluding tert-OH is 1. The third-order valence-corrected chi connectivity index (χ3v) is 15.5. The van der Waals surface area contributed by atoms with Crippen molar-refractivity contribution in [3.05, 3.63) is 0 Å². The number of morpholine rings is 1. The minimum atomic E-state index is -0.544. The van der Waals surface area contributed by atoms with Crippen LogP contribution in [0.1, 0.15) is 106 Å². The normalized spacial score (nSPS) is 47.8. The molecule has 7 fully saturated rings. The molecule has 2 heterocycles. The van der Waals surface area contributed by atoms with Gasteiger partial charge in [0.2, 0.25) is 0 Å². The van der Waals surface area contributed by atoms with E-state index in [1.807, 2.05) is 11.8 Å². The van der Waals surface area contributed by atoms with E-state index in [1.165, 1.54) is 12.8 Å². The Hall–Kier alpha value is -1.58. The number of amides is 2. The molecule has 0 aromatic rings. The van der Waals surface area contributed by atoms with Crippen LogP contribution < -0.4 is 5.32 Å². The first-order chi connectivity index (χ1) is 21.8. The molecule has 9 nitrogen and oxygen atoms in total. The molecule has 260 valence electrons. The molecule has 7 aliphatic rings. The van der Waals surface area contributed by atoms with Crippen LogP contribution in [0, 0.1) is 50.7 Å². The van der Waals surface area contributed by atoms with Crippen molar-refractivity contribution >= 4 is 12.2 Å². The lowest BCUT2D eigenvalue weighted by Gasteiger charge is -2.63. The summed E-state index contributed by atoms with van der Waals surface area (Å²) < 4.78 is 24.6. The summed E-state index contributed by atoms with van der Waals surface area (Å²) in [5, 5.41) is 15.2. The first-order valence-electron chi connectivity index (χ1n) is 18.6. The van der Waals surface area contributed by atoms with Crippen molar-refractivity contribution < 1.29 is 33.6 Å². The molecule has 2 amide bonds. The molecule has 12 unspecified atom stereocenters. The van der Waals surface area contributed by atoms with Crippen LogP contribution in [-0.4, -0.2) is 85.6 Å². The van der Waals surface area contributed by atoms with Gasteiger partial charge < -0.3 is 34.3 Å². The van der Waals surface area contributed by atoms with Crippen LogP contribution in [0.25, 0.3) is 0 Å². The molecule has 2 saturated heterocycles. The van der Waals surface area contributed by atoms with E-state index in [-0.39, 0.29) is 63.5 Å². The van der Waals surface area contributed by atoms with Crippen LogP contribution in [-0.2, 0) is 18.9 Å². The van der Waals surface area contributed by atoms with Crippen LogP contribution in [0.4, 0.5) is 9.59 Å². The van der Waals surface area contributed by atoms with Crippen LogP contribution in [0.15, 0.2) is 0 Å². The Bertz CT molecular complexity index is 1200. The first kappa shape index (κ1) is 32.9. The molecular weight excluding hydrogens is 584 g/mol. The van der Waals surface area contributed by atoms with E-state index >= 15 is 0 Å². The summed E-state index contributed by atoms with van der Waals surface area (Å²) >= 11 is 0. The summed E-state index contributed by atoms with van der Waals surface area (Å²) in [5.74, 6) is 1.39. The van der Waals surface area contributed by atoms with Gasteiger partial charge in [-0.3, -0.25) is 0 Å². The van der Waals surface area contributed by atoms with Crippen molar-refractivity contribution in [2.24, 2.45) is 50.7 Å². The third kappa shape index (κ3) is 4.41. The summed E-state index contributed by atoms with van der Waals surface area (Å²) in [6, 6.07) is 0. The monoisotopic (exact) mass is 644 g/mol. The van der Waals surface area contributed by atoms with Crippen molar-refractivity contribution in [2.45, 2.75) is 137 Å². The first-order valence-corrected chi connectivity index (χ1v) is 18.6. The molecule has 0 aromatic heterocycles. The lowest BCUT2D eigenvalue weighted by molar-refractivity contribution is -0.185. The molecule has 5 aliphatic carbocycles. The molecule has 2 aliphatic heterocycles. The molecule has 2 N–H and O–H groups in total. The van der Waals surface area contributed by atoms with E-state index in [1.54, 1.807) is 0 Å². The number of carbonyl (C=O) groups is 2. The van der Waals surface area contributed by atoms with Crippen LogP contribution in [0.3, 0.4) is 0 Å². The minimum absolute atomic E-state index is 0.00274. The van der Waals surface area contributed by atoms with Crippen LogP contribution >= 0.6 is 0 Å². The standard InChI is InChI=1S/C37H60N2O7/c1-8-38-31(41)46-28(22(2)3)24-10-9-23-29(44-24)30(40)35(7)26-12-11-25-33(4,5)27(45-32(42)39-17-19-43-20-18-39)13-14-36(25)21-37(26,36)16-15-34(23,35)6/h22-30,40H,8-21H2,1-7H3,(H,38,41). The number of carbonyl (C=O) groups excluding carboxylic acids is 2. The number of hydrogen-bond acceptors (Lipinski definition) is 7. The Labute approximate surface area is 276 Å². The molecule has 0 bridgehead atoms. The zero-order valence-corrected chi connectivity index (χ0v) is 29.4. The van der Waals surface area contributed by atoms with Gasteiger partial charge in [-0.15, -0.1) is 0 Å². The molecule has 7 rings (SSSR count). The quantitative estimate of drug-likeness (QED) is 0.369. The highest BCUT2D eigenvalue weighted by molar-refractivity contribution is 5.68.